The lowest BCUT2D eigenvalue weighted by molar-refractivity contribution is 0.0717. The van der Waals surface area contributed by atoms with E-state index in [2.05, 4.69) is 0 Å². The molecule has 1 aromatic rings. The van der Waals surface area contributed by atoms with Crippen LogP contribution in [0.25, 0.3) is 0 Å². The molecule has 0 fully saturated rings. The molecule has 15 heavy (non-hydrogen) atoms. The van der Waals surface area contributed by atoms with Gasteiger partial charge in [-0.25, -0.2) is 0 Å². The summed E-state index contributed by atoms with van der Waals surface area (Å²) in [7, 11) is 1.65. The Balaban J connectivity index is 2.62. The first-order valence-electron chi connectivity index (χ1n) is 4.81. The highest BCUT2D eigenvalue weighted by Gasteiger charge is 2.05. The summed E-state index contributed by atoms with van der Waals surface area (Å²) in [5.74, 6) is 0.665. The van der Waals surface area contributed by atoms with Gasteiger partial charge in [0, 0.05) is 13.7 Å². The van der Waals surface area contributed by atoms with Gasteiger partial charge in [-0.2, -0.15) is 0 Å². The lowest BCUT2D eigenvalue weighted by Crippen LogP contribution is -2.16. The van der Waals surface area contributed by atoms with E-state index in [1.807, 2.05) is 25.1 Å². The number of ether oxygens (including phenoxy) is 2. The van der Waals surface area contributed by atoms with Crippen molar-refractivity contribution >= 4 is 11.6 Å². The van der Waals surface area contributed by atoms with Crippen molar-refractivity contribution in [2.75, 3.05) is 13.7 Å². The highest BCUT2D eigenvalue weighted by atomic mass is 35.5. The fourth-order valence-electron chi connectivity index (χ4n) is 1.06. The van der Waals surface area contributed by atoms with E-state index in [1.54, 1.807) is 7.11 Å². The van der Waals surface area contributed by atoms with Crippen LogP contribution < -0.4 is 10.5 Å². The van der Waals surface area contributed by atoms with E-state index in [4.69, 9.17) is 26.8 Å². The van der Waals surface area contributed by atoms with Crippen molar-refractivity contribution in [3.05, 3.63) is 28.8 Å². The standard InChI is InChI=1S/C11H16ClNO2/c1-8(14-2)7-15-11-4-3-9(6-13)5-10(11)12/h3-5,8H,6-7,13H2,1-2H3. The van der Waals surface area contributed by atoms with Crippen molar-refractivity contribution in [2.45, 2.75) is 19.6 Å². The quantitative estimate of drug-likeness (QED) is 0.842. The van der Waals surface area contributed by atoms with Gasteiger partial charge >= 0.3 is 0 Å². The number of nitrogens with two attached hydrogens (primary N) is 1. The van der Waals surface area contributed by atoms with Gasteiger partial charge in [0.25, 0.3) is 0 Å². The first kappa shape index (κ1) is 12.3. The molecule has 4 heteroatoms. The second kappa shape index (κ2) is 5.95. The van der Waals surface area contributed by atoms with Crippen molar-refractivity contribution < 1.29 is 9.47 Å². The summed E-state index contributed by atoms with van der Waals surface area (Å²) in [5, 5.41) is 0.584. The molecule has 3 nitrogen and oxygen atoms in total. The van der Waals surface area contributed by atoms with Crippen LogP contribution in [0.2, 0.25) is 5.02 Å². The van der Waals surface area contributed by atoms with E-state index in [9.17, 15) is 0 Å². The molecule has 0 amide bonds. The molecule has 0 radical (unpaired) electrons. The van der Waals surface area contributed by atoms with Gasteiger partial charge in [0.1, 0.15) is 12.4 Å². The number of benzene rings is 1. The van der Waals surface area contributed by atoms with Crippen LogP contribution in [0.15, 0.2) is 18.2 Å². The van der Waals surface area contributed by atoms with Crippen LogP contribution in [-0.2, 0) is 11.3 Å². The van der Waals surface area contributed by atoms with Crippen LogP contribution in [-0.4, -0.2) is 19.8 Å². The Morgan fingerprint density at radius 3 is 2.73 bits per heavy atom. The minimum atomic E-state index is 0.0512. The molecule has 0 aliphatic rings. The third-order valence-corrected chi connectivity index (χ3v) is 2.40. The van der Waals surface area contributed by atoms with Crippen LogP contribution in [0.4, 0.5) is 0 Å². The summed E-state index contributed by atoms with van der Waals surface area (Å²) >= 11 is 6.01. The zero-order chi connectivity index (χ0) is 11.3. The van der Waals surface area contributed by atoms with E-state index in [1.165, 1.54) is 0 Å². The summed E-state index contributed by atoms with van der Waals surface area (Å²) in [4.78, 5) is 0. The van der Waals surface area contributed by atoms with Gasteiger partial charge in [-0.1, -0.05) is 17.7 Å². The average molecular weight is 230 g/mol. The molecule has 0 aliphatic carbocycles. The predicted octanol–water partition coefficient (Wildman–Crippen LogP) is 2.21. The normalized spacial score (nSPS) is 12.5. The van der Waals surface area contributed by atoms with Crippen LogP contribution in [0.3, 0.4) is 0 Å². The van der Waals surface area contributed by atoms with Gasteiger partial charge in [0.2, 0.25) is 0 Å². The molecule has 0 aliphatic heterocycles. The lowest BCUT2D eigenvalue weighted by atomic mass is 10.2. The number of hydrogen-bond acceptors (Lipinski definition) is 3. The maximum absolute atomic E-state index is 6.01. The lowest BCUT2D eigenvalue weighted by Gasteiger charge is -2.12. The Kier molecular flexibility index (Phi) is 4.88. The highest BCUT2D eigenvalue weighted by molar-refractivity contribution is 6.32. The van der Waals surface area contributed by atoms with E-state index in [0.29, 0.717) is 23.9 Å². The summed E-state index contributed by atoms with van der Waals surface area (Å²) in [5.41, 5.74) is 6.49. The molecule has 0 bridgehead atoms. The molecule has 0 saturated heterocycles. The molecule has 1 atom stereocenters. The molecule has 1 aromatic carbocycles. The maximum Gasteiger partial charge on any atom is 0.138 e. The third-order valence-electron chi connectivity index (χ3n) is 2.11. The molecule has 0 spiro atoms. The van der Waals surface area contributed by atoms with Crippen molar-refractivity contribution in [3.8, 4) is 5.75 Å². The van der Waals surface area contributed by atoms with Crippen molar-refractivity contribution in [3.63, 3.8) is 0 Å². The van der Waals surface area contributed by atoms with Crippen LogP contribution in [0.5, 0.6) is 5.75 Å². The Bertz CT molecular complexity index is 317. The van der Waals surface area contributed by atoms with Crippen LogP contribution >= 0.6 is 11.6 Å². The van der Waals surface area contributed by atoms with Crippen molar-refractivity contribution in [1.29, 1.82) is 0 Å². The molecule has 1 rings (SSSR count). The summed E-state index contributed by atoms with van der Waals surface area (Å²) in [6.45, 7) is 2.90. The van der Waals surface area contributed by atoms with Gasteiger partial charge in [0.15, 0.2) is 0 Å². The molecule has 2 N–H and O–H groups in total. The van der Waals surface area contributed by atoms with Gasteiger partial charge < -0.3 is 15.2 Å². The molecular formula is C11H16ClNO2. The minimum Gasteiger partial charge on any atom is -0.489 e. The number of rotatable bonds is 5. The summed E-state index contributed by atoms with van der Waals surface area (Å²) in [6.07, 6.45) is 0.0512. The molecule has 84 valence electrons. The Morgan fingerprint density at radius 1 is 1.47 bits per heavy atom. The van der Waals surface area contributed by atoms with Crippen LogP contribution in [0.1, 0.15) is 12.5 Å². The third kappa shape index (κ3) is 3.70. The highest BCUT2D eigenvalue weighted by Crippen LogP contribution is 2.25. The maximum atomic E-state index is 6.01. The van der Waals surface area contributed by atoms with E-state index in [-0.39, 0.29) is 6.10 Å². The second-order valence-corrected chi connectivity index (χ2v) is 3.73. The molecule has 1 unspecified atom stereocenters. The van der Waals surface area contributed by atoms with E-state index in [0.717, 1.165) is 5.56 Å². The first-order chi connectivity index (χ1) is 7.17. The second-order valence-electron chi connectivity index (χ2n) is 3.33. The molecular weight excluding hydrogens is 214 g/mol. The Morgan fingerprint density at radius 2 is 2.20 bits per heavy atom. The minimum absolute atomic E-state index is 0.0512. The zero-order valence-corrected chi connectivity index (χ0v) is 9.75. The van der Waals surface area contributed by atoms with Crippen molar-refractivity contribution in [2.24, 2.45) is 5.73 Å². The Labute approximate surface area is 95.1 Å². The van der Waals surface area contributed by atoms with Gasteiger partial charge in [-0.05, 0) is 24.6 Å². The topological polar surface area (TPSA) is 44.5 Å². The fourth-order valence-corrected chi connectivity index (χ4v) is 1.32. The zero-order valence-electron chi connectivity index (χ0n) is 9.00. The smallest absolute Gasteiger partial charge is 0.138 e. The molecule has 0 aromatic heterocycles. The van der Waals surface area contributed by atoms with Crippen molar-refractivity contribution in [1.82, 2.24) is 0 Å². The van der Waals surface area contributed by atoms with E-state index < -0.39 is 0 Å². The number of halogens is 1. The summed E-state index contributed by atoms with van der Waals surface area (Å²) < 4.78 is 10.6. The summed E-state index contributed by atoms with van der Waals surface area (Å²) in [6, 6.07) is 5.54. The number of methoxy groups -OCH3 is 1. The predicted molar refractivity (Wildman–Crippen MR) is 61.3 cm³/mol. The van der Waals surface area contributed by atoms with Gasteiger partial charge in [-0.15, -0.1) is 0 Å². The SMILES string of the molecule is COC(C)COc1ccc(CN)cc1Cl. The van der Waals surface area contributed by atoms with Gasteiger partial charge in [0.05, 0.1) is 11.1 Å². The van der Waals surface area contributed by atoms with Crippen LogP contribution in [0, 0.1) is 0 Å². The molecule has 0 saturated carbocycles. The monoisotopic (exact) mass is 229 g/mol. The largest absolute Gasteiger partial charge is 0.489 e. The number of hydrogen-bond donors (Lipinski definition) is 1. The molecule has 0 heterocycles. The average Bonchev–Trinajstić information content (AvgIpc) is 2.26. The van der Waals surface area contributed by atoms with Gasteiger partial charge in [-0.3, -0.25) is 0 Å². The van der Waals surface area contributed by atoms with E-state index >= 15 is 0 Å². The Hall–Kier alpha value is -0.770. The fraction of sp³-hybridized carbons (Fsp3) is 0.455. The first-order valence-corrected chi connectivity index (χ1v) is 5.19.